The van der Waals surface area contributed by atoms with Gasteiger partial charge in [0.2, 0.25) is 10.0 Å². The summed E-state index contributed by atoms with van der Waals surface area (Å²) in [6.45, 7) is 3.33. The lowest BCUT2D eigenvalue weighted by atomic mass is 10.1. The second-order valence-corrected chi connectivity index (χ2v) is 6.32. The van der Waals surface area contributed by atoms with E-state index in [-0.39, 0.29) is 11.5 Å². The van der Waals surface area contributed by atoms with Crippen molar-refractivity contribution in [3.05, 3.63) is 53.5 Å². The van der Waals surface area contributed by atoms with E-state index in [0.717, 1.165) is 5.56 Å². The van der Waals surface area contributed by atoms with Crippen molar-refractivity contribution in [2.75, 3.05) is 0 Å². The van der Waals surface area contributed by atoms with Crippen molar-refractivity contribution in [3.63, 3.8) is 0 Å². The van der Waals surface area contributed by atoms with Crippen molar-refractivity contribution in [1.82, 2.24) is 4.72 Å². The minimum absolute atomic E-state index is 0.130. The van der Waals surface area contributed by atoms with Gasteiger partial charge in [0, 0.05) is 0 Å². The molecule has 0 radical (unpaired) electrons. The molecule has 1 aromatic carbocycles. The van der Waals surface area contributed by atoms with Gasteiger partial charge in [0.15, 0.2) is 0 Å². The fourth-order valence-electron chi connectivity index (χ4n) is 1.88. The molecule has 0 fully saturated rings. The largest absolute Gasteiger partial charge is 0.468 e. The number of benzene rings is 1. The van der Waals surface area contributed by atoms with Gasteiger partial charge in [0.25, 0.3) is 0 Å². The summed E-state index contributed by atoms with van der Waals surface area (Å²) in [6.07, 6.45) is 1.50. The summed E-state index contributed by atoms with van der Waals surface area (Å²) < 4.78 is 32.3. The third kappa shape index (κ3) is 3.09. The molecular formula is C14H17NO4S. The number of sulfonamides is 1. The second-order valence-electron chi connectivity index (χ2n) is 4.60. The topological polar surface area (TPSA) is 79.5 Å². The molecule has 0 bridgehead atoms. The summed E-state index contributed by atoms with van der Waals surface area (Å²) in [6, 6.07) is 7.63. The molecule has 0 spiro atoms. The van der Waals surface area contributed by atoms with Crippen LogP contribution in [0.4, 0.5) is 0 Å². The van der Waals surface area contributed by atoms with Gasteiger partial charge in [0.1, 0.15) is 5.76 Å². The van der Waals surface area contributed by atoms with Gasteiger partial charge in [-0.25, -0.2) is 13.1 Å². The smallest absolute Gasteiger partial charge is 0.241 e. The van der Waals surface area contributed by atoms with Crippen LogP contribution in [0.2, 0.25) is 0 Å². The van der Waals surface area contributed by atoms with E-state index in [1.165, 1.54) is 18.4 Å². The van der Waals surface area contributed by atoms with Crippen LogP contribution in [-0.2, 0) is 16.6 Å². The molecule has 1 aromatic heterocycles. The van der Waals surface area contributed by atoms with Gasteiger partial charge in [-0.2, -0.15) is 0 Å². The maximum Gasteiger partial charge on any atom is 0.241 e. The van der Waals surface area contributed by atoms with Gasteiger partial charge < -0.3 is 9.52 Å². The highest BCUT2D eigenvalue weighted by Crippen LogP contribution is 2.19. The number of rotatable bonds is 5. The molecule has 0 amide bonds. The first-order chi connectivity index (χ1) is 9.44. The first kappa shape index (κ1) is 14.8. The summed E-state index contributed by atoms with van der Waals surface area (Å²) >= 11 is 0. The maximum atomic E-state index is 12.3. The van der Waals surface area contributed by atoms with E-state index in [1.54, 1.807) is 25.1 Å². The van der Waals surface area contributed by atoms with E-state index in [0.29, 0.717) is 11.3 Å². The summed E-state index contributed by atoms with van der Waals surface area (Å²) in [4.78, 5) is 0.130. The molecular weight excluding hydrogens is 278 g/mol. The third-order valence-corrected chi connectivity index (χ3v) is 4.64. The van der Waals surface area contributed by atoms with E-state index in [9.17, 15) is 13.5 Å². The molecule has 2 aromatic rings. The molecule has 0 aliphatic carbocycles. The van der Waals surface area contributed by atoms with Crippen molar-refractivity contribution >= 4 is 10.0 Å². The number of aryl methyl sites for hydroxylation is 1. The highest BCUT2D eigenvalue weighted by atomic mass is 32.2. The average Bonchev–Trinajstić information content (AvgIpc) is 2.92. The molecule has 1 atom stereocenters. The molecule has 0 aliphatic heterocycles. The lowest BCUT2D eigenvalue weighted by Crippen LogP contribution is -2.26. The minimum Gasteiger partial charge on any atom is -0.468 e. The van der Waals surface area contributed by atoms with Crippen LogP contribution in [0.5, 0.6) is 0 Å². The molecule has 6 heteroatoms. The monoisotopic (exact) mass is 295 g/mol. The first-order valence-electron chi connectivity index (χ1n) is 6.20. The Hall–Kier alpha value is -1.63. The molecule has 0 saturated heterocycles. The van der Waals surface area contributed by atoms with Gasteiger partial charge >= 0.3 is 0 Å². The molecule has 2 N–H and O–H groups in total. The normalized spacial score (nSPS) is 13.3. The third-order valence-electron chi connectivity index (χ3n) is 3.10. The number of hydrogen-bond acceptors (Lipinski definition) is 4. The second kappa shape index (κ2) is 5.78. The Morgan fingerprint density at radius 3 is 2.70 bits per heavy atom. The molecule has 1 unspecified atom stereocenters. The van der Waals surface area contributed by atoms with Crippen LogP contribution < -0.4 is 4.72 Å². The molecule has 2 rings (SSSR count). The van der Waals surface area contributed by atoms with E-state index in [2.05, 4.69) is 4.72 Å². The average molecular weight is 295 g/mol. The quantitative estimate of drug-likeness (QED) is 0.885. The fraction of sp³-hybridized carbons (Fsp3) is 0.286. The number of nitrogens with one attached hydrogen (secondary N) is 1. The summed E-state index contributed by atoms with van der Waals surface area (Å²) in [5.74, 6) is 0.545. The van der Waals surface area contributed by atoms with Gasteiger partial charge in [-0.3, -0.25) is 0 Å². The van der Waals surface area contributed by atoms with Crippen LogP contribution in [0.1, 0.15) is 29.9 Å². The minimum atomic E-state index is -3.66. The Kier molecular flexibility index (Phi) is 4.27. The highest BCUT2D eigenvalue weighted by molar-refractivity contribution is 7.89. The van der Waals surface area contributed by atoms with Crippen molar-refractivity contribution in [2.24, 2.45) is 0 Å². The number of aliphatic hydroxyl groups excluding tert-OH is 1. The zero-order chi connectivity index (χ0) is 14.8. The zero-order valence-corrected chi connectivity index (χ0v) is 12.1. The molecule has 20 heavy (non-hydrogen) atoms. The lowest BCUT2D eigenvalue weighted by Gasteiger charge is -2.13. The van der Waals surface area contributed by atoms with Crippen LogP contribution in [0.3, 0.4) is 0 Å². The molecule has 0 aliphatic rings. The van der Waals surface area contributed by atoms with Crippen LogP contribution in [-0.4, -0.2) is 13.5 Å². The Bertz CT molecular complexity index is 677. The predicted octanol–water partition coefficient (Wildman–Crippen LogP) is 2.12. The zero-order valence-electron chi connectivity index (χ0n) is 11.3. The summed E-state index contributed by atoms with van der Waals surface area (Å²) in [7, 11) is -3.66. The van der Waals surface area contributed by atoms with Crippen molar-refractivity contribution in [2.45, 2.75) is 31.4 Å². The Labute approximate surface area is 118 Å². The number of furan rings is 1. The summed E-state index contributed by atoms with van der Waals surface area (Å²) in [5.41, 5.74) is 1.45. The van der Waals surface area contributed by atoms with Crippen LogP contribution >= 0.6 is 0 Å². The molecule has 5 nitrogen and oxygen atoms in total. The van der Waals surface area contributed by atoms with Gasteiger partial charge in [-0.1, -0.05) is 6.07 Å². The summed E-state index contributed by atoms with van der Waals surface area (Å²) in [5, 5.41) is 9.21. The van der Waals surface area contributed by atoms with E-state index in [4.69, 9.17) is 4.42 Å². The van der Waals surface area contributed by atoms with Crippen molar-refractivity contribution in [1.29, 1.82) is 0 Å². The number of hydrogen-bond donors (Lipinski definition) is 2. The van der Waals surface area contributed by atoms with Crippen molar-refractivity contribution < 1.29 is 17.9 Å². The van der Waals surface area contributed by atoms with E-state index < -0.39 is 16.1 Å². The Morgan fingerprint density at radius 1 is 1.35 bits per heavy atom. The van der Waals surface area contributed by atoms with Crippen LogP contribution in [0.15, 0.2) is 45.9 Å². The van der Waals surface area contributed by atoms with Gasteiger partial charge in [-0.05, 0) is 49.2 Å². The van der Waals surface area contributed by atoms with Crippen LogP contribution in [0.25, 0.3) is 0 Å². The highest BCUT2D eigenvalue weighted by Gasteiger charge is 2.20. The first-order valence-corrected chi connectivity index (χ1v) is 7.68. The Balaban J connectivity index is 2.26. The molecule has 108 valence electrons. The van der Waals surface area contributed by atoms with E-state index in [1.807, 2.05) is 6.92 Å². The molecule has 1 heterocycles. The van der Waals surface area contributed by atoms with Crippen LogP contribution in [0, 0.1) is 6.92 Å². The lowest BCUT2D eigenvalue weighted by molar-refractivity contribution is 0.280. The maximum absolute atomic E-state index is 12.3. The van der Waals surface area contributed by atoms with E-state index >= 15 is 0 Å². The molecule has 0 saturated carbocycles. The predicted molar refractivity (Wildman–Crippen MR) is 74.5 cm³/mol. The SMILES string of the molecule is Cc1ccc(S(=O)(=O)NC(C)c2ccco2)cc1CO. The van der Waals surface area contributed by atoms with Gasteiger partial charge in [0.05, 0.1) is 23.8 Å². The van der Waals surface area contributed by atoms with Crippen molar-refractivity contribution in [3.8, 4) is 0 Å². The Morgan fingerprint density at radius 2 is 2.10 bits per heavy atom. The standard InChI is InChI=1S/C14H17NO4S/c1-10-5-6-13(8-12(10)9-16)20(17,18)15-11(2)14-4-3-7-19-14/h3-8,11,15-16H,9H2,1-2H3. The fourth-order valence-corrected chi connectivity index (χ4v) is 3.14. The number of aliphatic hydroxyl groups is 1. The van der Waals surface area contributed by atoms with Gasteiger partial charge in [-0.15, -0.1) is 0 Å².